The summed E-state index contributed by atoms with van der Waals surface area (Å²) in [6.07, 6.45) is -0.723. The second kappa shape index (κ2) is 9.93. The summed E-state index contributed by atoms with van der Waals surface area (Å²) in [5, 5.41) is 4.92. The van der Waals surface area contributed by atoms with Crippen LogP contribution in [-0.4, -0.2) is 45.9 Å². The van der Waals surface area contributed by atoms with Crippen molar-refractivity contribution in [3.8, 4) is 0 Å². The van der Waals surface area contributed by atoms with Gasteiger partial charge in [0.05, 0.1) is 17.9 Å². The number of hydrogen-bond acceptors (Lipinski definition) is 5. The van der Waals surface area contributed by atoms with E-state index in [-0.39, 0.29) is 18.1 Å². The Morgan fingerprint density at radius 1 is 1.14 bits per heavy atom. The normalized spacial score (nSPS) is 17.5. The van der Waals surface area contributed by atoms with Gasteiger partial charge in [0.1, 0.15) is 17.2 Å². The smallest absolute Gasteiger partial charge is 0.413 e. The van der Waals surface area contributed by atoms with Crippen LogP contribution in [0.3, 0.4) is 0 Å². The summed E-state index contributed by atoms with van der Waals surface area (Å²) in [6.45, 7) is 6.44. The Labute approximate surface area is 200 Å². The predicted molar refractivity (Wildman–Crippen MR) is 122 cm³/mol. The molecule has 2 N–H and O–H groups in total. The van der Waals surface area contributed by atoms with Gasteiger partial charge in [0.25, 0.3) is 5.92 Å². The number of halogens is 3. The predicted octanol–water partition coefficient (Wildman–Crippen LogP) is 4.81. The monoisotopic (exact) mass is 492 g/mol. The molecule has 1 aromatic heterocycles. The Balaban J connectivity index is 1.71. The van der Waals surface area contributed by atoms with Gasteiger partial charge in [0, 0.05) is 19.4 Å². The molecule has 0 aliphatic carbocycles. The number of amides is 3. The molecule has 8 nitrogen and oxygen atoms in total. The molecule has 3 rings (SSSR count). The van der Waals surface area contributed by atoms with Crippen molar-refractivity contribution in [2.75, 3.05) is 17.2 Å². The van der Waals surface area contributed by atoms with Gasteiger partial charge in [-0.05, 0) is 57.0 Å². The van der Waals surface area contributed by atoms with E-state index >= 15 is 0 Å². The molecule has 1 atom stereocenters. The summed E-state index contributed by atoms with van der Waals surface area (Å²) in [6, 6.07) is 5.29. The Morgan fingerprint density at radius 3 is 2.40 bits per heavy atom. The molecule has 11 heteroatoms. The fraction of sp³-hybridized carbons (Fsp3) is 0.417. The highest BCUT2D eigenvalue weighted by atomic mass is 19.3. The lowest BCUT2D eigenvalue weighted by Gasteiger charge is -2.39. The lowest BCUT2D eigenvalue weighted by molar-refractivity contribution is -0.151. The zero-order valence-corrected chi connectivity index (χ0v) is 19.8. The number of nitrogens with zero attached hydrogens (tertiary/aromatic N) is 2. The molecule has 0 radical (unpaired) electrons. The molecule has 1 fully saturated rings. The van der Waals surface area contributed by atoms with Crippen LogP contribution in [0.5, 0.6) is 0 Å². The standard InChI is InChI=1S/C24H27F3N4O4/c1-14-11-17(13-28-19(14)30-22(34)35-23(2,3)4)29-20(32)21(33)31-10-9-24(26,27)12-18(31)15-5-7-16(25)8-6-15/h5-8,11,13,18H,9-10,12H2,1-4H3,(H,29,32)(H,28,30,34)/t18-/m0/s1. The van der Waals surface area contributed by atoms with Gasteiger partial charge < -0.3 is 15.0 Å². The SMILES string of the molecule is Cc1cc(NC(=O)C(=O)N2CCC(F)(F)C[C@H]2c2ccc(F)cc2)cnc1NC(=O)OC(C)(C)C. The maximum atomic E-state index is 14.1. The first-order valence-corrected chi connectivity index (χ1v) is 11.0. The summed E-state index contributed by atoms with van der Waals surface area (Å²) < 4.78 is 46.7. The summed E-state index contributed by atoms with van der Waals surface area (Å²) in [4.78, 5) is 42.7. The van der Waals surface area contributed by atoms with Gasteiger partial charge in [-0.2, -0.15) is 0 Å². The number of benzene rings is 1. The zero-order valence-electron chi connectivity index (χ0n) is 19.8. The van der Waals surface area contributed by atoms with Crippen LogP contribution >= 0.6 is 0 Å². The number of nitrogens with one attached hydrogen (secondary N) is 2. The topological polar surface area (TPSA) is 101 Å². The van der Waals surface area contributed by atoms with Crippen LogP contribution in [0.25, 0.3) is 0 Å². The third-order valence-corrected chi connectivity index (χ3v) is 5.25. The third kappa shape index (κ3) is 6.93. The number of ether oxygens (including phenoxy) is 1. The van der Waals surface area contributed by atoms with Crippen LogP contribution in [0.15, 0.2) is 36.5 Å². The molecule has 188 valence electrons. The number of anilines is 2. The van der Waals surface area contributed by atoms with Gasteiger partial charge in [-0.25, -0.2) is 22.9 Å². The van der Waals surface area contributed by atoms with Gasteiger partial charge in [-0.3, -0.25) is 14.9 Å². The number of piperidine rings is 1. The molecular formula is C24H27F3N4O4. The lowest BCUT2D eigenvalue weighted by atomic mass is 9.92. The van der Waals surface area contributed by atoms with Crippen LogP contribution in [0.2, 0.25) is 0 Å². The number of hydrogen-bond donors (Lipinski definition) is 2. The largest absolute Gasteiger partial charge is 0.444 e. The van der Waals surface area contributed by atoms with E-state index in [2.05, 4.69) is 15.6 Å². The molecule has 2 aromatic rings. The molecule has 35 heavy (non-hydrogen) atoms. The highest BCUT2D eigenvalue weighted by Gasteiger charge is 2.44. The fourth-order valence-corrected chi connectivity index (χ4v) is 3.65. The van der Waals surface area contributed by atoms with Crippen molar-refractivity contribution >= 4 is 29.4 Å². The van der Waals surface area contributed by atoms with Crippen molar-refractivity contribution in [1.29, 1.82) is 0 Å². The Kier molecular flexibility index (Phi) is 7.37. The minimum atomic E-state index is -3.02. The average molecular weight is 492 g/mol. The van der Waals surface area contributed by atoms with Gasteiger partial charge in [-0.15, -0.1) is 0 Å². The maximum Gasteiger partial charge on any atom is 0.413 e. The molecule has 1 saturated heterocycles. The maximum absolute atomic E-state index is 14.1. The van der Waals surface area contributed by atoms with E-state index in [0.717, 1.165) is 17.0 Å². The fourth-order valence-electron chi connectivity index (χ4n) is 3.65. The lowest BCUT2D eigenvalue weighted by Crippen LogP contribution is -2.48. The number of alkyl halides is 2. The van der Waals surface area contributed by atoms with Crippen molar-refractivity contribution in [3.63, 3.8) is 0 Å². The highest BCUT2D eigenvalue weighted by Crippen LogP contribution is 2.40. The summed E-state index contributed by atoms with van der Waals surface area (Å²) in [5.41, 5.74) is 0.275. The van der Waals surface area contributed by atoms with Gasteiger partial charge >= 0.3 is 17.9 Å². The highest BCUT2D eigenvalue weighted by molar-refractivity contribution is 6.39. The summed E-state index contributed by atoms with van der Waals surface area (Å²) >= 11 is 0. The molecule has 2 heterocycles. The first-order chi connectivity index (χ1) is 16.2. The van der Waals surface area contributed by atoms with E-state index in [4.69, 9.17) is 4.74 Å². The van der Waals surface area contributed by atoms with Gasteiger partial charge in [-0.1, -0.05) is 12.1 Å². The van der Waals surface area contributed by atoms with Crippen LogP contribution < -0.4 is 10.6 Å². The van der Waals surface area contributed by atoms with Crippen LogP contribution in [0, 0.1) is 12.7 Å². The number of likely N-dealkylation sites (tertiary alicyclic amines) is 1. The molecule has 1 aliphatic rings. The van der Waals surface area contributed by atoms with E-state index in [9.17, 15) is 27.6 Å². The number of rotatable bonds is 3. The first kappa shape index (κ1) is 26.0. The average Bonchev–Trinajstić information content (AvgIpc) is 2.74. The zero-order chi connectivity index (χ0) is 26.0. The molecule has 1 aromatic carbocycles. The summed E-state index contributed by atoms with van der Waals surface area (Å²) in [5.74, 6) is -5.39. The van der Waals surface area contributed by atoms with E-state index in [1.807, 2.05) is 0 Å². The molecule has 0 spiro atoms. The second-order valence-corrected chi connectivity index (χ2v) is 9.35. The van der Waals surface area contributed by atoms with Crippen molar-refractivity contribution in [3.05, 3.63) is 53.5 Å². The Bertz CT molecular complexity index is 1120. The van der Waals surface area contributed by atoms with Crippen molar-refractivity contribution in [1.82, 2.24) is 9.88 Å². The van der Waals surface area contributed by atoms with Crippen molar-refractivity contribution < 1.29 is 32.3 Å². The summed E-state index contributed by atoms with van der Waals surface area (Å²) in [7, 11) is 0. The first-order valence-electron chi connectivity index (χ1n) is 11.0. The van der Waals surface area contributed by atoms with E-state index < -0.39 is 54.1 Å². The van der Waals surface area contributed by atoms with Crippen LogP contribution in [-0.2, 0) is 14.3 Å². The van der Waals surface area contributed by atoms with Gasteiger partial charge in [0.2, 0.25) is 0 Å². The quantitative estimate of drug-likeness (QED) is 0.599. The van der Waals surface area contributed by atoms with Crippen LogP contribution in [0.1, 0.15) is 50.8 Å². The number of pyridine rings is 1. The van der Waals surface area contributed by atoms with Crippen LogP contribution in [0.4, 0.5) is 29.5 Å². The Morgan fingerprint density at radius 2 is 1.80 bits per heavy atom. The van der Waals surface area contributed by atoms with E-state index in [1.54, 1.807) is 27.7 Å². The minimum absolute atomic E-state index is 0.177. The van der Waals surface area contributed by atoms with E-state index in [0.29, 0.717) is 11.1 Å². The molecule has 1 aliphatic heterocycles. The number of carbonyl (C=O) groups excluding carboxylic acids is 3. The molecule has 0 saturated carbocycles. The number of carbonyl (C=O) groups is 3. The Hall–Kier alpha value is -3.63. The molecule has 0 unspecified atom stereocenters. The van der Waals surface area contributed by atoms with Crippen molar-refractivity contribution in [2.24, 2.45) is 0 Å². The number of aryl methyl sites for hydroxylation is 1. The van der Waals surface area contributed by atoms with Gasteiger partial charge in [0.15, 0.2) is 0 Å². The van der Waals surface area contributed by atoms with E-state index in [1.165, 1.54) is 24.4 Å². The van der Waals surface area contributed by atoms with Crippen molar-refractivity contribution in [2.45, 2.75) is 58.1 Å². The molecule has 0 bridgehead atoms. The second-order valence-electron chi connectivity index (χ2n) is 9.35. The molecule has 3 amide bonds. The minimum Gasteiger partial charge on any atom is -0.444 e. The number of aromatic nitrogens is 1. The third-order valence-electron chi connectivity index (χ3n) is 5.25. The molecular weight excluding hydrogens is 465 g/mol.